The lowest BCUT2D eigenvalue weighted by atomic mass is 9.88. The largest absolute Gasteiger partial charge is 0.417 e. The third-order valence-corrected chi connectivity index (χ3v) is 7.19. The molecule has 0 saturated carbocycles. The molecule has 5 nitrogen and oxygen atoms in total. The SMILES string of the molecule is Cc1ccc(-c2sc(C)nc2C(=O)N2CC(F)(F)C[C@@H](C)[C@H]2CNc2ccc(C(F)(F)F)cn2)cc1. The minimum Gasteiger partial charge on any atom is -0.368 e. The number of aryl methyl sites for hydroxylation is 2. The van der Waals surface area contributed by atoms with E-state index in [1.165, 1.54) is 17.4 Å². The van der Waals surface area contributed by atoms with Crippen molar-refractivity contribution in [1.29, 1.82) is 0 Å². The van der Waals surface area contributed by atoms with Gasteiger partial charge in [0.1, 0.15) is 11.5 Å². The van der Waals surface area contributed by atoms with E-state index in [1.807, 2.05) is 31.2 Å². The van der Waals surface area contributed by atoms with E-state index in [-0.39, 0.29) is 18.1 Å². The summed E-state index contributed by atoms with van der Waals surface area (Å²) in [5, 5.41) is 3.54. The molecule has 0 bridgehead atoms. The van der Waals surface area contributed by atoms with Crippen molar-refractivity contribution in [2.45, 2.75) is 45.3 Å². The van der Waals surface area contributed by atoms with Gasteiger partial charge in [0.25, 0.3) is 11.8 Å². The molecule has 1 amide bonds. The number of anilines is 1. The van der Waals surface area contributed by atoms with Gasteiger partial charge in [-0.2, -0.15) is 13.2 Å². The van der Waals surface area contributed by atoms with Gasteiger partial charge in [-0.15, -0.1) is 11.3 Å². The normalized spacial score (nSPS) is 19.8. The van der Waals surface area contributed by atoms with Gasteiger partial charge < -0.3 is 10.2 Å². The summed E-state index contributed by atoms with van der Waals surface area (Å²) in [6, 6.07) is 8.95. The smallest absolute Gasteiger partial charge is 0.368 e. The number of amides is 1. The number of hydrogen-bond donors (Lipinski definition) is 1. The Labute approximate surface area is 209 Å². The summed E-state index contributed by atoms with van der Waals surface area (Å²) in [5.74, 6) is -4.10. The number of carbonyl (C=O) groups is 1. The molecule has 1 fully saturated rings. The Kier molecular flexibility index (Phi) is 7.05. The van der Waals surface area contributed by atoms with Gasteiger partial charge in [0.2, 0.25) is 0 Å². The second-order valence-corrected chi connectivity index (χ2v) is 10.3. The van der Waals surface area contributed by atoms with Crippen molar-refractivity contribution in [2.75, 3.05) is 18.4 Å². The van der Waals surface area contributed by atoms with Crippen LogP contribution in [-0.2, 0) is 6.18 Å². The van der Waals surface area contributed by atoms with Crippen LogP contribution < -0.4 is 5.32 Å². The first-order chi connectivity index (χ1) is 16.8. The van der Waals surface area contributed by atoms with Gasteiger partial charge >= 0.3 is 6.18 Å². The third kappa shape index (κ3) is 5.66. The molecule has 1 aromatic carbocycles. The van der Waals surface area contributed by atoms with E-state index < -0.39 is 48.5 Å². The van der Waals surface area contributed by atoms with Crippen molar-refractivity contribution in [1.82, 2.24) is 14.9 Å². The minimum atomic E-state index is -4.51. The molecule has 36 heavy (non-hydrogen) atoms. The van der Waals surface area contributed by atoms with Crippen molar-refractivity contribution in [3.8, 4) is 10.4 Å². The zero-order valence-electron chi connectivity index (χ0n) is 19.9. The van der Waals surface area contributed by atoms with Crippen LogP contribution in [0.5, 0.6) is 0 Å². The van der Waals surface area contributed by atoms with E-state index in [0.29, 0.717) is 16.1 Å². The van der Waals surface area contributed by atoms with Crippen LogP contribution in [0.3, 0.4) is 0 Å². The molecule has 11 heteroatoms. The Morgan fingerprint density at radius 2 is 1.86 bits per heavy atom. The molecule has 4 rings (SSSR count). The van der Waals surface area contributed by atoms with Crippen LogP contribution >= 0.6 is 11.3 Å². The summed E-state index contributed by atoms with van der Waals surface area (Å²) in [6.45, 7) is 4.60. The minimum absolute atomic E-state index is 0.0460. The number of benzene rings is 1. The molecule has 2 atom stereocenters. The first-order valence-electron chi connectivity index (χ1n) is 11.3. The van der Waals surface area contributed by atoms with Crippen LogP contribution in [0.1, 0.15) is 40.0 Å². The van der Waals surface area contributed by atoms with Crippen LogP contribution in [0.15, 0.2) is 42.6 Å². The second-order valence-electron chi connectivity index (χ2n) is 9.13. The van der Waals surface area contributed by atoms with Crippen molar-refractivity contribution in [3.05, 3.63) is 64.4 Å². The van der Waals surface area contributed by atoms with Gasteiger partial charge in [-0.05, 0) is 37.5 Å². The van der Waals surface area contributed by atoms with E-state index in [4.69, 9.17) is 0 Å². The molecule has 2 aromatic heterocycles. The van der Waals surface area contributed by atoms with Gasteiger partial charge in [0.05, 0.1) is 28.0 Å². The summed E-state index contributed by atoms with van der Waals surface area (Å²) < 4.78 is 67.6. The molecule has 0 radical (unpaired) electrons. The number of hydrogen-bond acceptors (Lipinski definition) is 5. The number of carbonyl (C=O) groups excluding carboxylic acids is 1. The van der Waals surface area contributed by atoms with E-state index in [1.54, 1.807) is 13.8 Å². The van der Waals surface area contributed by atoms with Gasteiger partial charge in [-0.3, -0.25) is 4.79 Å². The topological polar surface area (TPSA) is 58.1 Å². The fourth-order valence-electron chi connectivity index (χ4n) is 4.36. The first-order valence-corrected chi connectivity index (χ1v) is 12.2. The van der Waals surface area contributed by atoms with Gasteiger partial charge in [0.15, 0.2) is 0 Å². The summed E-state index contributed by atoms with van der Waals surface area (Å²) in [6.07, 6.45) is -4.22. The van der Waals surface area contributed by atoms with Gasteiger partial charge in [-0.25, -0.2) is 18.7 Å². The fourth-order valence-corrected chi connectivity index (χ4v) is 5.28. The number of thiazole rings is 1. The number of likely N-dealkylation sites (tertiary alicyclic amines) is 1. The van der Waals surface area contributed by atoms with Gasteiger partial charge in [0, 0.05) is 19.2 Å². The first kappa shape index (κ1) is 26.0. The molecule has 1 aliphatic rings. The quantitative estimate of drug-likeness (QED) is 0.391. The summed E-state index contributed by atoms with van der Waals surface area (Å²) in [4.78, 5) is 23.6. The zero-order chi connectivity index (χ0) is 26.3. The van der Waals surface area contributed by atoms with Crippen LogP contribution in [0.4, 0.5) is 27.8 Å². The molecule has 0 aliphatic carbocycles. The number of nitrogens with zero attached hydrogens (tertiary/aromatic N) is 3. The highest BCUT2D eigenvalue weighted by molar-refractivity contribution is 7.15. The summed E-state index contributed by atoms with van der Waals surface area (Å²) in [5.41, 5.74) is 1.04. The van der Waals surface area contributed by atoms with E-state index >= 15 is 0 Å². The number of halogens is 5. The van der Waals surface area contributed by atoms with E-state index in [9.17, 15) is 26.7 Å². The molecule has 1 N–H and O–H groups in total. The van der Waals surface area contributed by atoms with Crippen LogP contribution in [0.25, 0.3) is 10.4 Å². The average Bonchev–Trinajstić information content (AvgIpc) is 3.19. The van der Waals surface area contributed by atoms with E-state index in [2.05, 4.69) is 15.3 Å². The predicted molar refractivity (Wildman–Crippen MR) is 128 cm³/mol. The van der Waals surface area contributed by atoms with Crippen molar-refractivity contribution in [3.63, 3.8) is 0 Å². The second kappa shape index (κ2) is 9.76. The zero-order valence-corrected chi connectivity index (χ0v) is 20.7. The monoisotopic (exact) mass is 524 g/mol. The number of piperidine rings is 1. The number of rotatable bonds is 5. The summed E-state index contributed by atoms with van der Waals surface area (Å²) in [7, 11) is 0. The molecular formula is C25H25F5N4OS. The molecule has 3 heterocycles. The number of nitrogens with one attached hydrogen (secondary N) is 1. The van der Waals surface area contributed by atoms with Crippen molar-refractivity contribution >= 4 is 23.1 Å². The predicted octanol–water partition coefficient (Wildman–Crippen LogP) is 6.44. The van der Waals surface area contributed by atoms with Crippen LogP contribution in [0, 0.1) is 19.8 Å². The Morgan fingerprint density at radius 1 is 1.17 bits per heavy atom. The van der Waals surface area contributed by atoms with Crippen LogP contribution in [0.2, 0.25) is 0 Å². The Morgan fingerprint density at radius 3 is 2.47 bits per heavy atom. The summed E-state index contributed by atoms with van der Waals surface area (Å²) >= 11 is 1.32. The highest BCUT2D eigenvalue weighted by atomic mass is 32.1. The third-order valence-electron chi connectivity index (χ3n) is 6.17. The number of pyridine rings is 1. The molecule has 3 aromatic rings. The van der Waals surface area contributed by atoms with Gasteiger partial charge in [-0.1, -0.05) is 36.8 Å². The van der Waals surface area contributed by atoms with E-state index in [0.717, 1.165) is 22.1 Å². The fraction of sp³-hybridized carbons (Fsp3) is 0.400. The lowest BCUT2D eigenvalue weighted by molar-refractivity contribution is -0.137. The average molecular weight is 525 g/mol. The highest BCUT2D eigenvalue weighted by Gasteiger charge is 2.46. The molecule has 0 unspecified atom stereocenters. The maximum absolute atomic E-state index is 14.6. The molecular weight excluding hydrogens is 499 g/mol. The Hall–Kier alpha value is -3.08. The number of alkyl halides is 5. The standard InChI is InChI=1S/C25H25F5N4OS/c1-14-4-6-17(7-5-14)22-21(33-16(3)36-22)23(35)34-13-24(26,27)10-15(2)19(34)12-32-20-9-8-18(11-31-20)25(28,29)30/h4-9,11,15,19H,10,12-13H2,1-3H3,(H,31,32)/t15-,19-/m1/s1. The maximum Gasteiger partial charge on any atom is 0.417 e. The lowest BCUT2D eigenvalue weighted by Crippen LogP contribution is -2.57. The van der Waals surface area contributed by atoms with Crippen molar-refractivity contribution < 1.29 is 26.7 Å². The molecule has 1 saturated heterocycles. The Balaban J connectivity index is 1.60. The van der Waals surface area contributed by atoms with Crippen molar-refractivity contribution in [2.24, 2.45) is 5.92 Å². The Bertz CT molecular complexity index is 1220. The lowest BCUT2D eigenvalue weighted by Gasteiger charge is -2.43. The van der Waals surface area contributed by atoms with Crippen LogP contribution in [-0.4, -0.2) is 45.8 Å². The maximum atomic E-state index is 14.6. The molecule has 0 spiro atoms. The molecule has 1 aliphatic heterocycles. The highest BCUT2D eigenvalue weighted by Crippen LogP contribution is 2.38. The number of aromatic nitrogens is 2. The molecule has 192 valence electrons.